The second kappa shape index (κ2) is 10.3. The standard InChI is InChI=1S/C24H27F3N6O3/c1-14(34)36-13-32-20-11-28-23(29-16-5-3-2-4-6-16)31-22(20)33(17-7-8-35-12-17)24(32)30-21-18(26)9-15(25)10-19(21)27/h9-11,16-17H,2-8,12-13H2,1H3,(H,28,29,31). The molecule has 1 aromatic carbocycles. The van der Waals surface area contributed by atoms with Crippen LogP contribution in [0.4, 0.5) is 24.8 Å². The van der Waals surface area contributed by atoms with Crippen LogP contribution in [0, 0.1) is 17.5 Å². The van der Waals surface area contributed by atoms with Gasteiger partial charge in [-0.15, -0.1) is 0 Å². The zero-order valence-electron chi connectivity index (χ0n) is 19.8. The van der Waals surface area contributed by atoms with Crippen LogP contribution in [0.3, 0.4) is 0 Å². The first-order valence-electron chi connectivity index (χ1n) is 12.1. The molecule has 2 aliphatic rings. The minimum absolute atomic E-state index is 0.0790. The number of nitrogens with zero attached hydrogens (tertiary/aromatic N) is 5. The smallest absolute Gasteiger partial charge is 0.304 e. The molecule has 0 radical (unpaired) electrons. The summed E-state index contributed by atoms with van der Waals surface area (Å²) >= 11 is 0. The van der Waals surface area contributed by atoms with E-state index < -0.39 is 29.1 Å². The summed E-state index contributed by atoms with van der Waals surface area (Å²) in [6.07, 6.45) is 7.71. The van der Waals surface area contributed by atoms with Crippen molar-refractivity contribution in [1.29, 1.82) is 0 Å². The maximum absolute atomic E-state index is 14.6. The van der Waals surface area contributed by atoms with Crippen molar-refractivity contribution in [3.63, 3.8) is 0 Å². The summed E-state index contributed by atoms with van der Waals surface area (Å²) in [5.41, 5.74) is 0.325. The van der Waals surface area contributed by atoms with Gasteiger partial charge in [0.2, 0.25) is 11.6 Å². The van der Waals surface area contributed by atoms with Gasteiger partial charge in [0.1, 0.15) is 17.0 Å². The van der Waals surface area contributed by atoms with Crippen LogP contribution in [-0.4, -0.2) is 44.3 Å². The number of benzene rings is 1. The van der Waals surface area contributed by atoms with E-state index in [0.717, 1.165) is 25.7 Å². The number of anilines is 1. The molecule has 1 saturated heterocycles. The second-order valence-electron chi connectivity index (χ2n) is 9.09. The fourth-order valence-corrected chi connectivity index (χ4v) is 4.77. The highest BCUT2D eigenvalue weighted by atomic mass is 19.1. The number of hydrogen-bond donors (Lipinski definition) is 1. The van der Waals surface area contributed by atoms with E-state index in [9.17, 15) is 18.0 Å². The number of aromatic nitrogens is 4. The van der Waals surface area contributed by atoms with Gasteiger partial charge in [-0.3, -0.25) is 13.9 Å². The summed E-state index contributed by atoms with van der Waals surface area (Å²) in [5.74, 6) is -3.48. The maximum atomic E-state index is 14.6. The predicted molar refractivity (Wildman–Crippen MR) is 124 cm³/mol. The first kappa shape index (κ1) is 24.3. The number of nitrogens with one attached hydrogen (secondary N) is 1. The van der Waals surface area contributed by atoms with Gasteiger partial charge in [0, 0.05) is 31.7 Å². The van der Waals surface area contributed by atoms with Gasteiger partial charge in [0.15, 0.2) is 24.0 Å². The summed E-state index contributed by atoms with van der Waals surface area (Å²) in [4.78, 5) is 25.1. The van der Waals surface area contributed by atoms with Crippen molar-refractivity contribution < 1.29 is 27.4 Å². The third-order valence-corrected chi connectivity index (χ3v) is 6.53. The fraction of sp³-hybridized carbons (Fsp3) is 0.500. The summed E-state index contributed by atoms with van der Waals surface area (Å²) in [6, 6.07) is 1.15. The molecule has 2 aromatic heterocycles. The van der Waals surface area contributed by atoms with E-state index in [1.807, 2.05) is 0 Å². The van der Waals surface area contributed by atoms with Gasteiger partial charge in [-0.25, -0.2) is 23.1 Å². The van der Waals surface area contributed by atoms with Crippen LogP contribution in [0.25, 0.3) is 11.2 Å². The fourth-order valence-electron chi connectivity index (χ4n) is 4.77. The number of esters is 1. The van der Waals surface area contributed by atoms with Gasteiger partial charge in [0.25, 0.3) is 0 Å². The van der Waals surface area contributed by atoms with E-state index in [2.05, 4.69) is 15.3 Å². The Hall–Kier alpha value is -3.41. The SMILES string of the molecule is CC(=O)OCn1c(=Nc2c(F)cc(F)cc2F)n(C2CCOC2)c2nc(NC3CCCCC3)ncc21. The molecule has 3 aromatic rings. The van der Waals surface area contributed by atoms with Crippen LogP contribution in [-0.2, 0) is 21.0 Å². The maximum Gasteiger partial charge on any atom is 0.304 e. The first-order valence-corrected chi connectivity index (χ1v) is 12.1. The number of imidazole rings is 1. The van der Waals surface area contributed by atoms with Crippen LogP contribution in [0.1, 0.15) is 51.5 Å². The molecule has 2 fully saturated rings. The topological polar surface area (TPSA) is 95.6 Å². The molecule has 12 heteroatoms. The molecular weight excluding hydrogens is 477 g/mol. The molecule has 1 aliphatic heterocycles. The quantitative estimate of drug-likeness (QED) is 0.508. The van der Waals surface area contributed by atoms with Crippen LogP contribution < -0.4 is 10.9 Å². The van der Waals surface area contributed by atoms with Gasteiger partial charge in [-0.05, 0) is 19.3 Å². The van der Waals surface area contributed by atoms with Crippen LogP contribution >= 0.6 is 0 Å². The van der Waals surface area contributed by atoms with Gasteiger partial charge >= 0.3 is 5.97 Å². The summed E-state index contributed by atoms with van der Waals surface area (Å²) in [6.45, 7) is 1.80. The van der Waals surface area contributed by atoms with Gasteiger partial charge in [-0.2, -0.15) is 4.98 Å². The molecule has 0 spiro atoms. The molecule has 1 atom stereocenters. The summed E-state index contributed by atoms with van der Waals surface area (Å²) in [5, 5.41) is 3.39. The highest BCUT2D eigenvalue weighted by Gasteiger charge is 2.26. The lowest BCUT2D eigenvalue weighted by Gasteiger charge is -2.22. The Kier molecular flexibility index (Phi) is 6.95. The molecule has 192 valence electrons. The van der Waals surface area contributed by atoms with Crippen molar-refractivity contribution in [1.82, 2.24) is 19.1 Å². The Morgan fingerprint density at radius 3 is 2.61 bits per heavy atom. The van der Waals surface area contributed by atoms with Gasteiger partial charge < -0.3 is 14.8 Å². The van der Waals surface area contributed by atoms with E-state index in [1.165, 1.54) is 17.9 Å². The third-order valence-electron chi connectivity index (χ3n) is 6.53. The highest BCUT2D eigenvalue weighted by molar-refractivity contribution is 5.72. The molecule has 0 amide bonds. The van der Waals surface area contributed by atoms with E-state index in [0.29, 0.717) is 48.9 Å². The molecule has 9 nitrogen and oxygen atoms in total. The van der Waals surface area contributed by atoms with Gasteiger partial charge in [0.05, 0.1) is 18.8 Å². The Morgan fingerprint density at radius 2 is 1.94 bits per heavy atom. The normalized spacial score (nSPS) is 19.2. The lowest BCUT2D eigenvalue weighted by molar-refractivity contribution is -0.144. The number of ether oxygens (including phenoxy) is 2. The van der Waals surface area contributed by atoms with Crippen LogP contribution in [0.5, 0.6) is 0 Å². The molecule has 36 heavy (non-hydrogen) atoms. The molecule has 1 saturated carbocycles. The molecule has 1 aliphatic carbocycles. The van der Waals surface area contributed by atoms with Gasteiger partial charge in [-0.1, -0.05) is 19.3 Å². The Bertz CT molecular complexity index is 1320. The monoisotopic (exact) mass is 504 g/mol. The molecule has 1 N–H and O–H groups in total. The van der Waals surface area contributed by atoms with Crippen molar-refractivity contribution in [2.75, 3.05) is 18.5 Å². The van der Waals surface area contributed by atoms with E-state index in [-0.39, 0.29) is 24.4 Å². The van der Waals surface area contributed by atoms with Crippen molar-refractivity contribution in [2.24, 2.45) is 4.99 Å². The van der Waals surface area contributed by atoms with Crippen molar-refractivity contribution >= 4 is 28.8 Å². The number of rotatable bonds is 6. The van der Waals surface area contributed by atoms with E-state index >= 15 is 0 Å². The molecule has 5 rings (SSSR count). The molecule has 3 heterocycles. The lowest BCUT2D eigenvalue weighted by atomic mass is 9.96. The predicted octanol–water partition coefficient (Wildman–Crippen LogP) is 4.11. The third kappa shape index (κ3) is 4.95. The second-order valence-corrected chi connectivity index (χ2v) is 9.09. The summed E-state index contributed by atoms with van der Waals surface area (Å²) in [7, 11) is 0. The lowest BCUT2D eigenvalue weighted by Crippen LogP contribution is -2.30. The van der Waals surface area contributed by atoms with Crippen LogP contribution in [0.2, 0.25) is 0 Å². The number of fused-ring (bicyclic) bond motifs is 1. The average Bonchev–Trinajstić information content (AvgIpc) is 3.46. The Labute approximate surface area is 205 Å². The van der Waals surface area contributed by atoms with Crippen molar-refractivity contribution in [2.45, 2.75) is 64.3 Å². The zero-order chi connectivity index (χ0) is 25.2. The number of carbonyl (C=O) groups is 1. The minimum Gasteiger partial charge on any atom is -0.444 e. The average molecular weight is 505 g/mol. The number of hydrogen-bond acceptors (Lipinski definition) is 7. The molecular formula is C24H27F3N6O3. The number of halogens is 3. The molecule has 0 bridgehead atoms. The van der Waals surface area contributed by atoms with E-state index in [4.69, 9.17) is 14.5 Å². The Morgan fingerprint density at radius 1 is 1.19 bits per heavy atom. The molecule has 1 unspecified atom stereocenters. The summed E-state index contributed by atoms with van der Waals surface area (Å²) < 4.78 is 56.7. The van der Waals surface area contributed by atoms with E-state index in [1.54, 1.807) is 10.8 Å². The Balaban J connectivity index is 1.72. The van der Waals surface area contributed by atoms with Crippen LogP contribution in [0.15, 0.2) is 23.3 Å². The first-order chi connectivity index (χ1) is 17.4. The largest absolute Gasteiger partial charge is 0.444 e. The minimum atomic E-state index is -1.16. The number of carbonyl (C=O) groups excluding carboxylic acids is 1. The highest BCUT2D eigenvalue weighted by Crippen LogP contribution is 2.27. The van der Waals surface area contributed by atoms with Crippen molar-refractivity contribution in [3.05, 3.63) is 41.4 Å². The van der Waals surface area contributed by atoms with Crippen molar-refractivity contribution in [3.8, 4) is 0 Å². The zero-order valence-corrected chi connectivity index (χ0v) is 19.8.